The van der Waals surface area contributed by atoms with Crippen LogP contribution in [0.1, 0.15) is 38.2 Å². The maximum absolute atomic E-state index is 8.84. The van der Waals surface area contributed by atoms with E-state index in [0.29, 0.717) is 19.0 Å². The summed E-state index contributed by atoms with van der Waals surface area (Å²) in [5.41, 5.74) is 1.26. The van der Waals surface area contributed by atoms with Crippen LogP contribution in [-0.2, 0) is 6.54 Å². The lowest BCUT2D eigenvalue weighted by Crippen LogP contribution is -2.87. The third kappa shape index (κ3) is 4.39. The van der Waals surface area contributed by atoms with Gasteiger partial charge >= 0.3 is 0 Å². The first-order valence-electron chi connectivity index (χ1n) is 7.66. The molecule has 1 aliphatic rings. The highest BCUT2D eigenvalue weighted by atomic mass is 16.5. The monoisotopic (exact) mass is 280 g/mol. The Morgan fingerprint density at radius 2 is 2.00 bits per heavy atom. The van der Waals surface area contributed by atoms with Crippen LogP contribution in [0.25, 0.3) is 0 Å². The Labute approximate surface area is 121 Å². The fraction of sp³-hybridized carbons (Fsp3) is 0.625. The number of ether oxygens (including phenoxy) is 2. The largest absolute Gasteiger partial charge is 0.490 e. The molecule has 1 aliphatic carbocycles. The van der Waals surface area contributed by atoms with Gasteiger partial charge in [0.1, 0.15) is 13.2 Å². The molecule has 0 amide bonds. The van der Waals surface area contributed by atoms with Crippen LogP contribution in [0, 0.1) is 0 Å². The number of aliphatic hydroxyl groups is 1. The molecule has 4 nitrogen and oxygen atoms in total. The smallest absolute Gasteiger partial charge is 0.161 e. The molecule has 1 fully saturated rings. The Morgan fingerprint density at radius 3 is 2.70 bits per heavy atom. The van der Waals surface area contributed by atoms with Crippen LogP contribution in [-0.4, -0.2) is 31.0 Å². The van der Waals surface area contributed by atoms with E-state index in [-0.39, 0.29) is 6.61 Å². The zero-order valence-corrected chi connectivity index (χ0v) is 12.3. The second-order valence-corrected chi connectivity index (χ2v) is 5.27. The van der Waals surface area contributed by atoms with E-state index in [1.54, 1.807) is 0 Å². The van der Waals surface area contributed by atoms with Crippen molar-refractivity contribution in [1.29, 1.82) is 0 Å². The van der Waals surface area contributed by atoms with Crippen LogP contribution in [0.5, 0.6) is 11.5 Å². The van der Waals surface area contributed by atoms with E-state index >= 15 is 0 Å². The number of aliphatic hydroxyl groups excluding tert-OH is 1. The van der Waals surface area contributed by atoms with E-state index in [1.165, 1.54) is 31.2 Å². The molecule has 112 valence electrons. The van der Waals surface area contributed by atoms with Gasteiger partial charge in [-0.2, -0.15) is 0 Å². The van der Waals surface area contributed by atoms with Crippen LogP contribution in [0.2, 0.25) is 0 Å². The molecule has 2 rings (SSSR count). The van der Waals surface area contributed by atoms with Crippen molar-refractivity contribution in [3.05, 3.63) is 23.8 Å². The molecule has 1 saturated carbocycles. The zero-order chi connectivity index (χ0) is 14.2. The van der Waals surface area contributed by atoms with Crippen LogP contribution in [0.15, 0.2) is 18.2 Å². The average Bonchev–Trinajstić information content (AvgIpc) is 2.98. The third-order valence-corrected chi connectivity index (χ3v) is 3.74. The Bertz CT molecular complexity index is 403. The summed E-state index contributed by atoms with van der Waals surface area (Å²) >= 11 is 0. The van der Waals surface area contributed by atoms with Crippen molar-refractivity contribution in [2.75, 3.05) is 19.8 Å². The summed E-state index contributed by atoms with van der Waals surface area (Å²) < 4.78 is 11.1. The van der Waals surface area contributed by atoms with Gasteiger partial charge in [-0.25, -0.2) is 0 Å². The molecule has 0 aromatic heterocycles. The summed E-state index contributed by atoms with van der Waals surface area (Å²) in [5, 5.41) is 11.3. The summed E-state index contributed by atoms with van der Waals surface area (Å²) in [5.74, 6) is 1.49. The lowest BCUT2D eigenvalue weighted by atomic mass is 10.1. The highest BCUT2D eigenvalue weighted by molar-refractivity contribution is 5.42. The number of rotatable bonds is 8. The normalized spacial score (nSPS) is 15.5. The molecule has 4 heteroatoms. The van der Waals surface area contributed by atoms with Crippen molar-refractivity contribution in [3.8, 4) is 11.5 Å². The molecule has 0 saturated heterocycles. The summed E-state index contributed by atoms with van der Waals surface area (Å²) in [4.78, 5) is 0. The lowest BCUT2D eigenvalue weighted by molar-refractivity contribution is -0.703. The number of benzene rings is 1. The van der Waals surface area contributed by atoms with Crippen LogP contribution < -0.4 is 14.8 Å². The van der Waals surface area contributed by atoms with Crippen LogP contribution in [0.4, 0.5) is 0 Å². The van der Waals surface area contributed by atoms with Gasteiger partial charge in [-0.1, -0.05) is 0 Å². The van der Waals surface area contributed by atoms with E-state index < -0.39 is 0 Å². The van der Waals surface area contributed by atoms with E-state index in [9.17, 15) is 0 Å². The number of hydrogen-bond donors (Lipinski definition) is 2. The third-order valence-electron chi connectivity index (χ3n) is 3.74. The van der Waals surface area contributed by atoms with Crippen molar-refractivity contribution in [2.45, 2.75) is 45.2 Å². The summed E-state index contributed by atoms with van der Waals surface area (Å²) in [6, 6.07) is 6.87. The van der Waals surface area contributed by atoms with Gasteiger partial charge in [-0.15, -0.1) is 0 Å². The van der Waals surface area contributed by atoms with E-state index in [0.717, 1.165) is 18.3 Å². The zero-order valence-electron chi connectivity index (χ0n) is 12.3. The minimum Gasteiger partial charge on any atom is -0.490 e. The van der Waals surface area contributed by atoms with Crippen molar-refractivity contribution < 1.29 is 19.9 Å². The molecule has 1 aromatic carbocycles. The van der Waals surface area contributed by atoms with E-state index in [2.05, 4.69) is 17.4 Å². The number of nitrogens with two attached hydrogens (primary N) is 1. The van der Waals surface area contributed by atoms with Crippen molar-refractivity contribution in [3.63, 3.8) is 0 Å². The topological polar surface area (TPSA) is 55.3 Å². The molecular formula is C16H26NO3+. The molecule has 0 spiro atoms. The van der Waals surface area contributed by atoms with E-state index in [1.807, 2.05) is 13.0 Å². The van der Waals surface area contributed by atoms with Gasteiger partial charge in [0.2, 0.25) is 0 Å². The van der Waals surface area contributed by atoms with Crippen LogP contribution in [0.3, 0.4) is 0 Å². The molecule has 0 heterocycles. The van der Waals surface area contributed by atoms with Gasteiger partial charge < -0.3 is 19.9 Å². The number of quaternary nitrogens is 1. The maximum atomic E-state index is 8.84. The molecular weight excluding hydrogens is 254 g/mol. The Morgan fingerprint density at radius 1 is 1.20 bits per heavy atom. The second-order valence-electron chi connectivity index (χ2n) is 5.27. The molecule has 20 heavy (non-hydrogen) atoms. The first-order chi connectivity index (χ1) is 9.83. The van der Waals surface area contributed by atoms with Crippen molar-refractivity contribution in [1.82, 2.24) is 0 Å². The molecule has 0 aliphatic heterocycles. The fourth-order valence-electron chi connectivity index (χ4n) is 2.72. The molecule has 0 bridgehead atoms. The summed E-state index contributed by atoms with van der Waals surface area (Å²) in [6.45, 7) is 3.89. The fourth-order valence-corrected chi connectivity index (χ4v) is 2.72. The second kappa shape index (κ2) is 8.12. The average molecular weight is 280 g/mol. The summed E-state index contributed by atoms with van der Waals surface area (Å²) in [7, 11) is 0. The quantitative estimate of drug-likeness (QED) is 0.758. The van der Waals surface area contributed by atoms with Gasteiger partial charge in [0, 0.05) is 5.56 Å². The van der Waals surface area contributed by atoms with Gasteiger partial charge in [0.05, 0.1) is 19.3 Å². The molecule has 0 atom stereocenters. The Kier molecular flexibility index (Phi) is 6.15. The van der Waals surface area contributed by atoms with Gasteiger partial charge in [-0.3, -0.25) is 0 Å². The first-order valence-corrected chi connectivity index (χ1v) is 7.66. The Balaban J connectivity index is 1.96. The van der Waals surface area contributed by atoms with Gasteiger partial charge in [0.25, 0.3) is 0 Å². The van der Waals surface area contributed by atoms with Crippen molar-refractivity contribution >= 4 is 0 Å². The number of hydrogen-bond acceptors (Lipinski definition) is 3. The molecule has 1 aromatic rings. The lowest BCUT2D eigenvalue weighted by Gasteiger charge is -2.13. The standard InChI is InChI=1S/C16H25NO3/c1-2-19-16-11-13(7-8-15(16)20-10-9-18)12-17-14-5-3-4-6-14/h7-8,11,14,17-18H,2-6,9-10,12H2,1H3/p+1. The van der Waals surface area contributed by atoms with Crippen molar-refractivity contribution in [2.24, 2.45) is 0 Å². The minimum absolute atomic E-state index is 0.0166. The van der Waals surface area contributed by atoms with Crippen LogP contribution >= 0.6 is 0 Å². The van der Waals surface area contributed by atoms with Gasteiger partial charge in [-0.05, 0) is 50.8 Å². The predicted octanol–water partition coefficient (Wildman–Crippen LogP) is 1.46. The predicted molar refractivity (Wildman–Crippen MR) is 78.1 cm³/mol. The minimum atomic E-state index is 0.0166. The Hall–Kier alpha value is -1.26. The molecule has 3 N–H and O–H groups in total. The highest BCUT2D eigenvalue weighted by Gasteiger charge is 2.17. The highest BCUT2D eigenvalue weighted by Crippen LogP contribution is 2.28. The molecule has 0 radical (unpaired) electrons. The van der Waals surface area contributed by atoms with Gasteiger partial charge in [0.15, 0.2) is 11.5 Å². The first kappa shape index (κ1) is 15.1. The maximum Gasteiger partial charge on any atom is 0.161 e. The summed E-state index contributed by atoms with van der Waals surface area (Å²) in [6.07, 6.45) is 5.44. The molecule has 0 unspecified atom stereocenters. The SMILES string of the molecule is CCOc1cc(C[NH2+]C2CCCC2)ccc1OCCO. The van der Waals surface area contributed by atoms with E-state index in [4.69, 9.17) is 14.6 Å².